The van der Waals surface area contributed by atoms with Crippen LogP contribution in [0.2, 0.25) is 0 Å². The Kier molecular flexibility index (Phi) is 4.25. The molecule has 0 amide bonds. The number of hydrogen-bond donors (Lipinski definition) is 1. The Hall–Kier alpha value is -1.09. The second-order valence-electron chi connectivity index (χ2n) is 6.25. The summed E-state index contributed by atoms with van der Waals surface area (Å²) in [6.07, 6.45) is 7.41. The van der Waals surface area contributed by atoms with Crippen molar-refractivity contribution in [3.05, 3.63) is 30.1 Å². The number of nitrogens with zero attached hydrogens (tertiary/aromatic N) is 1. The van der Waals surface area contributed by atoms with Gasteiger partial charge in [-0.25, -0.2) is 4.39 Å². The van der Waals surface area contributed by atoms with Gasteiger partial charge in [-0.3, -0.25) is 0 Å². The highest BCUT2D eigenvalue weighted by atomic mass is 19.1. The summed E-state index contributed by atoms with van der Waals surface area (Å²) in [4.78, 5) is 2.50. The topological polar surface area (TPSA) is 15.3 Å². The molecule has 2 fully saturated rings. The molecule has 3 rings (SSSR count). The Bertz CT molecular complexity index is 434. The lowest BCUT2D eigenvalue weighted by molar-refractivity contribution is 0.246. The Morgan fingerprint density at radius 2 is 2.00 bits per heavy atom. The van der Waals surface area contributed by atoms with E-state index in [9.17, 15) is 4.39 Å². The zero-order valence-electron chi connectivity index (χ0n) is 12.3. The molecule has 1 aromatic carbocycles. The van der Waals surface area contributed by atoms with E-state index in [2.05, 4.69) is 23.2 Å². The Labute approximate surface area is 121 Å². The number of fused-ring (bicyclic) bond motifs is 2. The van der Waals surface area contributed by atoms with Crippen LogP contribution in [0.25, 0.3) is 0 Å². The van der Waals surface area contributed by atoms with Crippen LogP contribution in [0, 0.1) is 5.82 Å². The molecule has 0 radical (unpaired) electrons. The average molecular weight is 276 g/mol. The SMILES string of the molecule is CCCNC1CC2CCCC(C1)N2c1cccc(F)c1. The van der Waals surface area contributed by atoms with E-state index in [1.807, 2.05) is 6.07 Å². The van der Waals surface area contributed by atoms with Crippen molar-refractivity contribution in [1.29, 1.82) is 0 Å². The average Bonchev–Trinajstić information content (AvgIpc) is 2.44. The molecule has 0 aromatic heterocycles. The maximum atomic E-state index is 13.5. The van der Waals surface area contributed by atoms with Gasteiger partial charge in [0.05, 0.1) is 0 Å². The summed E-state index contributed by atoms with van der Waals surface area (Å²) in [5.41, 5.74) is 1.08. The first-order valence-electron chi connectivity index (χ1n) is 8.05. The Morgan fingerprint density at radius 3 is 2.65 bits per heavy atom. The van der Waals surface area contributed by atoms with Crippen LogP contribution in [0.1, 0.15) is 45.4 Å². The van der Waals surface area contributed by atoms with Gasteiger partial charge < -0.3 is 10.2 Å². The largest absolute Gasteiger partial charge is 0.365 e. The van der Waals surface area contributed by atoms with Crippen molar-refractivity contribution in [3.8, 4) is 0 Å². The first-order valence-corrected chi connectivity index (χ1v) is 8.05. The summed E-state index contributed by atoms with van der Waals surface area (Å²) >= 11 is 0. The summed E-state index contributed by atoms with van der Waals surface area (Å²) in [6.45, 7) is 3.33. The molecule has 2 saturated heterocycles. The molecule has 1 N–H and O–H groups in total. The molecule has 2 bridgehead atoms. The molecule has 20 heavy (non-hydrogen) atoms. The minimum absolute atomic E-state index is 0.119. The molecular formula is C17H25FN2. The summed E-state index contributed by atoms with van der Waals surface area (Å²) in [5, 5.41) is 3.68. The van der Waals surface area contributed by atoms with Gasteiger partial charge in [0.25, 0.3) is 0 Å². The third-order valence-corrected chi connectivity index (χ3v) is 4.76. The lowest BCUT2D eigenvalue weighted by Crippen LogP contribution is -2.56. The van der Waals surface area contributed by atoms with Crippen molar-refractivity contribution in [3.63, 3.8) is 0 Å². The van der Waals surface area contributed by atoms with Crippen molar-refractivity contribution in [1.82, 2.24) is 5.32 Å². The minimum atomic E-state index is -0.119. The third-order valence-electron chi connectivity index (χ3n) is 4.76. The normalized spacial score (nSPS) is 29.5. The highest BCUT2D eigenvalue weighted by Crippen LogP contribution is 2.37. The number of benzene rings is 1. The van der Waals surface area contributed by atoms with Crippen molar-refractivity contribution < 1.29 is 4.39 Å². The highest BCUT2D eigenvalue weighted by molar-refractivity contribution is 5.50. The molecule has 3 heteroatoms. The molecule has 2 nitrogen and oxygen atoms in total. The smallest absolute Gasteiger partial charge is 0.125 e. The Morgan fingerprint density at radius 1 is 1.25 bits per heavy atom. The molecule has 1 aromatic rings. The van der Waals surface area contributed by atoms with Gasteiger partial charge in [-0.2, -0.15) is 0 Å². The van der Waals surface area contributed by atoms with Crippen LogP contribution in [0.3, 0.4) is 0 Å². The van der Waals surface area contributed by atoms with Crippen LogP contribution in [0.4, 0.5) is 10.1 Å². The molecule has 0 saturated carbocycles. The maximum absolute atomic E-state index is 13.5. The lowest BCUT2D eigenvalue weighted by Gasteiger charge is -2.50. The second kappa shape index (κ2) is 6.13. The van der Waals surface area contributed by atoms with Crippen LogP contribution < -0.4 is 10.2 Å². The number of piperidine rings is 2. The van der Waals surface area contributed by atoms with Crippen LogP contribution >= 0.6 is 0 Å². The summed E-state index contributed by atoms with van der Waals surface area (Å²) in [5.74, 6) is -0.119. The fraction of sp³-hybridized carbons (Fsp3) is 0.647. The summed E-state index contributed by atoms with van der Waals surface area (Å²) in [7, 11) is 0. The van der Waals surface area contributed by atoms with E-state index in [0.29, 0.717) is 18.1 Å². The van der Waals surface area contributed by atoms with Crippen molar-refractivity contribution in [2.24, 2.45) is 0 Å². The molecule has 2 aliphatic heterocycles. The molecule has 0 aliphatic carbocycles. The van der Waals surface area contributed by atoms with E-state index in [4.69, 9.17) is 0 Å². The molecule has 2 aliphatic rings. The maximum Gasteiger partial charge on any atom is 0.125 e. The van der Waals surface area contributed by atoms with E-state index in [-0.39, 0.29) is 5.82 Å². The third kappa shape index (κ3) is 2.83. The predicted octanol–water partition coefficient (Wildman–Crippen LogP) is 3.72. The monoisotopic (exact) mass is 276 g/mol. The number of rotatable bonds is 4. The predicted molar refractivity (Wildman–Crippen MR) is 81.6 cm³/mol. The number of halogens is 1. The van der Waals surface area contributed by atoms with E-state index in [1.54, 1.807) is 6.07 Å². The number of nitrogens with one attached hydrogen (secondary N) is 1. The second-order valence-corrected chi connectivity index (χ2v) is 6.25. The van der Waals surface area contributed by atoms with Gasteiger partial charge >= 0.3 is 0 Å². The van der Waals surface area contributed by atoms with E-state index >= 15 is 0 Å². The summed E-state index contributed by atoms with van der Waals surface area (Å²) in [6, 6.07) is 8.95. The van der Waals surface area contributed by atoms with E-state index < -0.39 is 0 Å². The van der Waals surface area contributed by atoms with E-state index in [0.717, 1.165) is 12.2 Å². The molecule has 2 unspecified atom stereocenters. The summed E-state index contributed by atoms with van der Waals surface area (Å²) < 4.78 is 13.5. The standard InChI is InChI=1S/C17H25FN2/c1-2-9-19-14-11-16-7-4-8-17(12-14)20(16)15-6-3-5-13(18)10-15/h3,5-6,10,14,16-17,19H,2,4,7-9,11-12H2,1H3. The molecule has 110 valence electrons. The van der Waals surface area contributed by atoms with Gasteiger partial charge in [-0.05, 0) is 63.3 Å². The van der Waals surface area contributed by atoms with Crippen LogP contribution in [-0.2, 0) is 0 Å². The fourth-order valence-corrected chi connectivity index (χ4v) is 3.95. The zero-order valence-corrected chi connectivity index (χ0v) is 12.3. The fourth-order valence-electron chi connectivity index (χ4n) is 3.95. The van der Waals surface area contributed by atoms with Crippen molar-refractivity contribution in [2.75, 3.05) is 11.4 Å². The van der Waals surface area contributed by atoms with Crippen LogP contribution in [-0.4, -0.2) is 24.7 Å². The van der Waals surface area contributed by atoms with E-state index in [1.165, 1.54) is 44.6 Å². The molecule has 2 atom stereocenters. The van der Waals surface area contributed by atoms with Gasteiger partial charge in [0.15, 0.2) is 0 Å². The van der Waals surface area contributed by atoms with Gasteiger partial charge in [0, 0.05) is 23.8 Å². The van der Waals surface area contributed by atoms with Gasteiger partial charge in [-0.15, -0.1) is 0 Å². The number of anilines is 1. The van der Waals surface area contributed by atoms with Crippen molar-refractivity contribution >= 4 is 5.69 Å². The van der Waals surface area contributed by atoms with Gasteiger partial charge in [0.1, 0.15) is 5.82 Å². The van der Waals surface area contributed by atoms with Gasteiger partial charge in [0.2, 0.25) is 0 Å². The zero-order chi connectivity index (χ0) is 13.9. The minimum Gasteiger partial charge on any atom is -0.365 e. The highest BCUT2D eigenvalue weighted by Gasteiger charge is 2.38. The quantitative estimate of drug-likeness (QED) is 0.901. The lowest BCUT2D eigenvalue weighted by atomic mass is 9.81. The van der Waals surface area contributed by atoms with Gasteiger partial charge in [-0.1, -0.05) is 13.0 Å². The van der Waals surface area contributed by atoms with Crippen LogP contribution in [0.5, 0.6) is 0 Å². The molecule has 2 heterocycles. The molecular weight excluding hydrogens is 251 g/mol. The van der Waals surface area contributed by atoms with Crippen LogP contribution in [0.15, 0.2) is 24.3 Å². The first-order chi connectivity index (χ1) is 9.78. The Balaban J connectivity index is 1.76. The number of hydrogen-bond acceptors (Lipinski definition) is 2. The molecule has 0 spiro atoms. The van der Waals surface area contributed by atoms with Crippen molar-refractivity contribution in [2.45, 2.75) is 63.6 Å². The first kappa shape index (κ1) is 13.9.